The third-order valence-electron chi connectivity index (χ3n) is 3.87. The maximum Gasteiger partial charge on any atom is 0.317 e. The monoisotopic (exact) mass is 345 g/mol. The Labute approximate surface area is 135 Å². The van der Waals surface area contributed by atoms with Crippen molar-refractivity contribution in [1.29, 1.82) is 0 Å². The van der Waals surface area contributed by atoms with Crippen LogP contribution in [0.4, 0.5) is 4.79 Å². The molecule has 0 bridgehead atoms. The number of carbonyl (C=O) groups excluding carboxylic acids is 1. The summed E-state index contributed by atoms with van der Waals surface area (Å²) in [5, 5.41) is 4.94. The van der Waals surface area contributed by atoms with Gasteiger partial charge >= 0.3 is 6.03 Å². The molecule has 1 aliphatic rings. The molecule has 2 amide bonds. The predicted octanol–water partition coefficient (Wildman–Crippen LogP) is 1.71. The van der Waals surface area contributed by atoms with Crippen LogP contribution in [0.2, 0.25) is 0 Å². The van der Waals surface area contributed by atoms with E-state index in [9.17, 15) is 13.2 Å². The highest BCUT2D eigenvalue weighted by molar-refractivity contribution is 7.89. The number of carbonyl (C=O) groups is 1. The molecule has 0 aromatic carbocycles. The first-order valence-corrected chi connectivity index (χ1v) is 10.1. The Morgan fingerprint density at radius 3 is 2.95 bits per heavy atom. The summed E-state index contributed by atoms with van der Waals surface area (Å²) >= 11 is 1.75. The summed E-state index contributed by atoms with van der Waals surface area (Å²) in [6.45, 7) is 5.18. The third-order valence-corrected chi connectivity index (χ3v) is 6.27. The molecule has 2 rings (SSSR count). The van der Waals surface area contributed by atoms with E-state index in [1.165, 1.54) is 10.4 Å². The highest BCUT2D eigenvalue weighted by Gasteiger charge is 2.27. The van der Waals surface area contributed by atoms with Gasteiger partial charge in [-0.1, -0.05) is 0 Å². The molecule has 2 N–H and O–H groups in total. The normalized spacial score (nSPS) is 18.1. The molecule has 0 fully saturated rings. The SMILES string of the molecule is CCS(=O)(=O)NCCCNC(=O)N1CCc2sccc2C1C. The Morgan fingerprint density at radius 2 is 2.23 bits per heavy atom. The van der Waals surface area contributed by atoms with Crippen molar-refractivity contribution in [1.82, 2.24) is 14.9 Å². The van der Waals surface area contributed by atoms with Gasteiger partial charge in [-0.25, -0.2) is 17.9 Å². The molecule has 22 heavy (non-hydrogen) atoms. The van der Waals surface area contributed by atoms with E-state index in [2.05, 4.69) is 21.5 Å². The lowest BCUT2D eigenvalue weighted by Gasteiger charge is -2.33. The Kier molecular flexibility index (Phi) is 5.82. The minimum Gasteiger partial charge on any atom is -0.338 e. The van der Waals surface area contributed by atoms with Crippen LogP contribution in [-0.2, 0) is 16.4 Å². The summed E-state index contributed by atoms with van der Waals surface area (Å²) in [6, 6.07) is 2.10. The molecular formula is C14H23N3O3S2. The summed E-state index contributed by atoms with van der Waals surface area (Å²) in [7, 11) is -3.15. The second kappa shape index (κ2) is 7.43. The largest absolute Gasteiger partial charge is 0.338 e. The fourth-order valence-corrected chi connectivity index (χ4v) is 4.12. The third kappa shape index (κ3) is 4.21. The van der Waals surface area contributed by atoms with Gasteiger partial charge in [0.1, 0.15) is 0 Å². The van der Waals surface area contributed by atoms with Gasteiger partial charge < -0.3 is 10.2 Å². The van der Waals surface area contributed by atoms with Crippen molar-refractivity contribution in [3.63, 3.8) is 0 Å². The van der Waals surface area contributed by atoms with Crippen LogP contribution in [0, 0.1) is 0 Å². The summed E-state index contributed by atoms with van der Waals surface area (Å²) in [4.78, 5) is 15.4. The lowest BCUT2D eigenvalue weighted by atomic mass is 10.0. The van der Waals surface area contributed by atoms with Gasteiger partial charge in [-0.3, -0.25) is 0 Å². The molecule has 1 atom stereocenters. The first-order chi connectivity index (χ1) is 10.4. The van der Waals surface area contributed by atoms with E-state index in [0.717, 1.165) is 13.0 Å². The predicted molar refractivity (Wildman–Crippen MR) is 88.6 cm³/mol. The number of nitrogens with zero attached hydrogens (tertiary/aromatic N) is 1. The first-order valence-electron chi connectivity index (χ1n) is 7.52. The number of hydrogen-bond acceptors (Lipinski definition) is 4. The molecule has 1 aliphatic heterocycles. The number of amides is 2. The average molecular weight is 345 g/mol. The quantitative estimate of drug-likeness (QED) is 0.771. The molecule has 0 aliphatic carbocycles. The van der Waals surface area contributed by atoms with Crippen LogP contribution in [0.15, 0.2) is 11.4 Å². The summed E-state index contributed by atoms with van der Waals surface area (Å²) < 4.78 is 25.0. The van der Waals surface area contributed by atoms with E-state index in [1.807, 2.05) is 11.8 Å². The maximum atomic E-state index is 12.2. The van der Waals surface area contributed by atoms with Gasteiger partial charge in [0.15, 0.2) is 0 Å². The van der Waals surface area contributed by atoms with Crippen LogP contribution in [0.5, 0.6) is 0 Å². The number of nitrogens with one attached hydrogen (secondary N) is 2. The fraction of sp³-hybridized carbons (Fsp3) is 0.643. The van der Waals surface area contributed by atoms with Gasteiger partial charge in [0.05, 0.1) is 11.8 Å². The molecule has 0 spiro atoms. The molecule has 0 radical (unpaired) electrons. The van der Waals surface area contributed by atoms with Crippen molar-refractivity contribution in [3.8, 4) is 0 Å². The van der Waals surface area contributed by atoms with Crippen LogP contribution in [0.3, 0.4) is 0 Å². The molecule has 124 valence electrons. The second-order valence-corrected chi connectivity index (χ2v) is 8.40. The molecule has 1 aromatic rings. The molecule has 1 unspecified atom stereocenters. The van der Waals surface area contributed by atoms with Gasteiger partial charge in [0, 0.05) is 24.5 Å². The number of fused-ring (bicyclic) bond motifs is 1. The van der Waals surface area contributed by atoms with Crippen LogP contribution in [0.1, 0.15) is 36.8 Å². The van der Waals surface area contributed by atoms with E-state index in [-0.39, 0.29) is 17.8 Å². The molecule has 0 saturated heterocycles. The second-order valence-electron chi connectivity index (χ2n) is 5.30. The lowest BCUT2D eigenvalue weighted by Crippen LogP contribution is -2.45. The van der Waals surface area contributed by atoms with Gasteiger partial charge in [-0.05, 0) is 43.7 Å². The highest BCUT2D eigenvalue weighted by atomic mass is 32.2. The molecular weight excluding hydrogens is 322 g/mol. The van der Waals surface area contributed by atoms with Crippen molar-refractivity contribution in [2.75, 3.05) is 25.4 Å². The molecule has 6 nitrogen and oxygen atoms in total. The zero-order valence-electron chi connectivity index (χ0n) is 13.0. The molecule has 8 heteroatoms. The van der Waals surface area contributed by atoms with E-state index < -0.39 is 10.0 Å². The fourth-order valence-electron chi connectivity index (χ4n) is 2.50. The zero-order valence-corrected chi connectivity index (χ0v) is 14.6. The summed E-state index contributed by atoms with van der Waals surface area (Å²) in [5.74, 6) is 0.0770. The minimum atomic E-state index is -3.15. The standard InChI is InChI=1S/C14H23N3O3S2/c1-3-22(19,20)16-8-4-7-15-14(18)17-9-5-13-12(11(17)2)6-10-21-13/h6,10-11,16H,3-5,7-9H2,1-2H3,(H,15,18). The van der Waals surface area contributed by atoms with E-state index in [0.29, 0.717) is 19.5 Å². The van der Waals surface area contributed by atoms with Crippen molar-refractivity contribution in [3.05, 3.63) is 21.9 Å². The number of hydrogen-bond donors (Lipinski definition) is 2. The Morgan fingerprint density at radius 1 is 1.45 bits per heavy atom. The number of rotatable bonds is 6. The van der Waals surface area contributed by atoms with Gasteiger partial charge in [-0.15, -0.1) is 11.3 Å². The Bertz CT molecular complexity index is 613. The highest BCUT2D eigenvalue weighted by Crippen LogP contribution is 2.32. The van der Waals surface area contributed by atoms with Crippen molar-refractivity contribution >= 4 is 27.4 Å². The molecule has 0 saturated carbocycles. The van der Waals surface area contributed by atoms with Gasteiger partial charge in [-0.2, -0.15) is 0 Å². The summed E-state index contributed by atoms with van der Waals surface area (Å²) in [6.07, 6.45) is 1.48. The first kappa shape index (κ1) is 17.2. The van der Waals surface area contributed by atoms with Crippen molar-refractivity contribution in [2.45, 2.75) is 32.7 Å². The average Bonchev–Trinajstić information content (AvgIpc) is 2.96. The smallest absolute Gasteiger partial charge is 0.317 e. The number of thiophene rings is 1. The van der Waals surface area contributed by atoms with Gasteiger partial charge in [0.2, 0.25) is 10.0 Å². The van der Waals surface area contributed by atoms with E-state index in [1.54, 1.807) is 18.3 Å². The van der Waals surface area contributed by atoms with Crippen molar-refractivity contribution in [2.24, 2.45) is 0 Å². The van der Waals surface area contributed by atoms with E-state index >= 15 is 0 Å². The van der Waals surface area contributed by atoms with E-state index in [4.69, 9.17) is 0 Å². The van der Waals surface area contributed by atoms with Crippen LogP contribution < -0.4 is 10.0 Å². The Balaban J connectivity index is 1.74. The topological polar surface area (TPSA) is 78.5 Å². The van der Waals surface area contributed by atoms with Crippen LogP contribution >= 0.6 is 11.3 Å². The van der Waals surface area contributed by atoms with Crippen LogP contribution in [0.25, 0.3) is 0 Å². The Hall–Kier alpha value is -1.12. The molecule has 2 heterocycles. The van der Waals surface area contributed by atoms with Crippen molar-refractivity contribution < 1.29 is 13.2 Å². The minimum absolute atomic E-state index is 0.0770. The number of sulfonamides is 1. The molecule has 1 aromatic heterocycles. The van der Waals surface area contributed by atoms with Crippen LogP contribution in [-0.4, -0.2) is 44.7 Å². The van der Waals surface area contributed by atoms with Gasteiger partial charge in [0.25, 0.3) is 0 Å². The summed E-state index contributed by atoms with van der Waals surface area (Å²) in [5.41, 5.74) is 1.24. The number of urea groups is 1. The zero-order chi connectivity index (χ0) is 16.2. The maximum absolute atomic E-state index is 12.2. The lowest BCUT2D eigenvalue weighted by molar-refractivity contribution is 0.175.